The van der Waals surface area contributed by atoms with Gasteiger partial charge in [0.1, 0.15) is 6.04 Å². The fourth-order valence-electron chi connectivity index (χ4n) is 2.68. The Morgan fingerprint density at radius 3 is 2.65 bits per heavy atom. The van der Waals surface area contributed by atoms with Crippen LogP contribution in [-0.2, 0) is 16.0 Å². The first-order valence-corrected chi connectivity index (χ1v) is 7.07. The van der Waals surface area contributed by atoms with Crippen LogP contribution in [-0.4, -0.2) is 34.5 Å². The molecule has 20 heavy (non-hydrogen) atoms. The number of likely N-dealkylation sites (tertiary alicyclic amines) is 1. The number of amides is 1. The van der Waals surface area contributed by atoms with E-state index in [-0.39, 0.29) is 12.3 Å². The molecule has 1 heterocycles. The van der Waals surface area contributed by atoms with Gasteiger partial charge in [-0.1, -0.05) is 18.2 Å². The molecule has 4 nitrogen and oxygen atoms in total. The van der Waals surface area contributed by atoms with Crippen LogP contribution in [0.2, 0.25) is 0 Å². The second-order valence-electron chi connectivity index (χ2n) is 5.53. The standard InChI is InChI=1S/C16H21NO3/c1-11-6-7-13(9-12(11)2)10-15(18)17-8-4-3-5-14(17)16(19)20/h6-7,9,14H,3-5,8,10H2,1-2H3,(H,19,20)/t14-/m0/s1. The van der Waals surface area contributed by atoms with Crippen LogP contribution in [0.1, 0.15) is 36.0 Å². The van der Waals surface area contributed by atoms with E-state index in [4.69, 9.17) is 0 Å². The predicted octanol–water partition coefficient (Wildman–Crippen LogP) is 2.31. The molecular weight excluding hydrogens is 254 g/mol. The van der Waals surface area contributed by atoms with E-state index < -0.39 is 12.0 Å². The number of piperidine rings is 1. The van der Waals surface area contributed by atoms with Gasteiger partial charge in [-0.2, -0.15) is 0 Å². The number of aliphatic carboxylic acids is 1. The molecule has 0 aromatic heterocycles. The Hall–Kier alpha value is -1.84. The van der Waals surface area contributed by atoms with Crippen LogP contribution >= 0.6 is 0 Å². The molecule has 1 aliphatic rings. The molecule has 1 amide bonds. The molecule has 1 aromatic rings. The summed E-state index contributed by atoms with van der Waals surface area (Å²) in [6.07, 6.45) is 2.62. The Morgan fingerprint density at radius 2 is 2.00 bits per heavy atom. The summed E-state index contributed by atoms with van der Waals surface area (Å²) in [4.78, 5) is 25.1. The maximum atomic E-state index is 12.3. The number of carboxylic acids is 1. The Morgan fingerprint density at radius 1 is 1.25 bits per heavy atom. The molecule has 0 bridgehead atoms. The minimum absolute atomic E-state index is 0.0830. The zero-order valence-corrected chi connectivity index (χ0v) is 12.1. The number of nitrogens with zero attached hydrogens (tertiary/aromatic N) is 1. The molecule has 1 atom stereocenters. The van der Waals surface area contributed by atoms with E-state index in [9.17, 15) is 14.7 Å². The van der Waals surface area contributed by atoms with Crippen molar-refractivity contribution in [1.29, 1.82) is 0 Å². The van der Waals surface area contributed by atoms with Crippen LogP contribution < -0.4 is 0 Å². The number of aryl methyl sites for hydroxylation is 2. The highest BCUT2D eigenvalue weighted by Gasteiger charge is 2.31. The summed E-state index contributed by atoms with van der Waals surface area (Å²) in [5, 5.41) is 9.21. The van der Waals surface area contributed by atoms with Gasteiger partial charge in [0.15, 0.2) is 0 Å². The highest BCUT2D eigenvalue weighted by molar-refractivity contribution is 5.85. The average molecular weight is 275 g/mol. The second kappa shape index (κ2) is 6.07. The van der Waals surface area contributed by atoms with Gasteiger partial charge in [0.2, 0.25) is 5.91 Å². The maximum Gasteiger partial charge on any atom is 0.326 e. The van der Waals surface area contributed by atoms with Gasteiger partial charge >= 0.3 is 5.97 Å². The lowest BCUT2D eigenvalue weighted by Crippen LogP contribution is -2.48. The first-order valence-electron chi connectivity index (χ1n) is 7.07. The number of hydrogen-bond donors (Lipinski definition) is 1. The van der Waals surface area contributed by atoms with Crippen molar-refractivity contribution in [1.82, 2.24) is 4.90 Å². The topological polar surface area (TPSA) is 57.6 Å². The number of carbonyl (C=O) groups excluding carboxylic acids is 1. The van der Waals surface area contributed by atoms with Gasteiger partial charge in [-0.3, -0.25) is 4.79 Å². The van der Waals surface area contributed by atoms with E-state index in [0.717, 1.165) is 24.0 Å². The summed E-state index contributed by atoms with van der Waals surface area (Å²) >= 11 is 0. The van der Waals surface area contributed by atoms with Crippen molar-refractivity contribution < 1.29 is 14.7 Å². The number of carboxylic acid groups (broad SMARTS) is 1. The molecule has 2 rings (SSSR count). The molecule has 4 heteroatoms. The maximum absolute atomic E-state index is 12.3. The van der Waals surface area contributed by atoms with Gasteiger partial charge in [0.25, 0.3) is 0 Å². The molecule has 1 aromatic carbocycles. The number of carbonyl (C=O) groups is 2. The molecule has 1 N–H and O–H groups in total. The van der Waals surface area contributed by atoms with Crippen molar-refractivity contribution >= 4 is 11.9 Å². The van der Waals surface area contributed by atoms with E-state index in [0.29, 0.717) is 13.0 Å². The second-order valence-corrected chi connectivity index (χ2v) is 5.53. The predicted molar refractivity (Wildman–Crippen MR) is 76.6 cm³/mol. The lowest BCUT2D eigenvalue weighted by atomic mass is 9.99. The van der Waals surface area contributed by atoms with Crippen LogP contribution in [0.5, 0.6) is 0 Å². The van der Waals surface area contributed by atoms with Crippen molar-refractivity contribution in [2.75, 3.05) is 6.54 Å². The normalized spacial score (nSPS) is 18.9. The van der Waals surface area contributed by atoms with Gasteiger partial charge in [-0.25, -0.2) is 4.79 Å². The minimum atomic E-state index is -0.891. The van der Waals surface area contributed by atoms with Gasteiger partial charge in [-0.05, 0) is 49.8 Å². The minimum Gasteiger partial charge on any atom is -0.480 e. The third-order valence-electron chi connectivity index (χ3n) is 4.03. The quantitative estimate of drug-likeness (QED) is 0.921. The van der Waals surface area contributed by atoms with Crippen molar-refractivity contribution in [2.24, 2.45) is 0 Å². The van der Waals surface area contributed by atoms with Crippen molar-refractivity contribution in [3.05, 3.63) is 34.9 Å². The molecule has 0 aliphatic carbocycles. The molecule has 1 fully saturated rings. The van der Waals surface area contributed by atoms with E-state index in [2.05, 4.69) is 0 Å². The number of hydrogen-bond acceptors (Lipinski definition) is 2. The fourth-order valence-corrected chi connectivity index (χ4v) is 2.68. The SMILES string of the molecule is Cc1ccc(CC(=O)N2CCCC[C@H]2C(=O)O)cc1C. The summed E-state index contributed by atoms with van der Waals surface area (Å²) in [7, 11) is 0. The molecule has 1 saturated heterocycles. The van der Waals surface area contributed by atoms with Gasteiger partial charge in [0, 0.05) is 6.54 Å². The summed E-state index contributed by atoms with van der Waals surface area (Å²) < 4.78 is 0. The Balaban J connectivity index is 2.09. The zero-order valence-electron chi connectivity index (χ0n) is 12.1. The van der Waals surface area contributed by atoms with Gasteiger partial charge < -0.3 is 10.0 Å². The third kappa shape index (κ3) is 3.18. The third-order valence-corrected chi connectivity index (χ3v) is 4.03. The molecule has 0 saturated carbocycles. The molecular formula is C16H21NO3. The van der Waals surface area contributed by atoms with E-state index in [1.165, 1.54) is 10.5 Å². The van der Waals surface area contributed by atoms with Crippen LogP contribution in [0.4, 0.5) is 0 Å². The van der Waals surface area contributed by atoms with Crippen LogP contribution in [0.15, 0.2) is 18.2 Å². The van der Waals surface area contributed by atoms with Crippen LogP contribution in [0.3, 0.4) is 0 Å². The monoisotopic (exact) mass is 275 g/mol. The van der Waals surface area contributed by atoms with E-state index in [1.54, 1.807) is 0 Å². The summed E-state index contributed by atoms with van der Waals surface area (Å²) in [6, 6.07) is 5.30. The largest absolute Gasteiger partial charge is 0.480 e. The van der Waals surface area contributed by atoms with Crippen molar-refractivity contribution in [3.8, 4) is 0 Å². The molecule has 1 aliphatic heterocycles. The van der Waals surface area contributed by atoms with E-state index >= 15 is 0 Å². The number of benzene rings is 1. The molecule has 0 spiro atoms. The van der Waals surface area contributed by atoms with Crippen molar-refractivity contribution in [3.63, 3.8) is 0 Å². The lowest BCUT2D eigenvalue weighted by Gasteiger charge is -2.33. The van der Waals surface area contributed by atoms with Crippen molar-refractivity contribution in [2.45, 2.75) is 45.6 Å². The summed E-state index contributed by atoms with van der Waals surface area (Å²) in [5.41, 5.74) is 3.30. The zero-order chi connectivity index (χ0) is 14.7. The molecule has 0 radical (unpaired) electrons. The number of rotatable bonds is 3. The average Bonchev–Trinajstić information content (AvgIpc) is 2.43. The van der Waals surface area contributed by atoms with Crippen LogP contribution in [0.25, 0.3) is 0 Å². The summed E-state index contributed by atoms with van der Waals surface area (Å²) in [5.74, 6) is -0.974. The highest BCUT2D eigenvalue weighted by Crippen LogP contribution is 2.19. The summed E-state index contributed by atoms with van der Waals surface area (Å²) in [6.45, 7) is 4.61. The van der Waals surface area contributed by atoms with E-state index in [1.807, 2.05) is 32.0 Å². The Labute approximate surface area is 119 Å². The first kappa shape index (κ1) is 14.6. The lowest BCUT2D eigenvalue weighted by molar-refractivity contribution is -0.151. The van der Waals surface area contributed by atoms with Gasteiger partial charge in [-0.15, -0.1) is 0 Å². The molecule has 108 valence electrons. The Kier molecular flexibility index (Phi) is 4.42. The molecule has 0 unspecified atom stereocenters. The fraction of sp³-hybridized carbons (Fsp3) is 0.500. The highest BCUT2D eigenvalue weighted by atomic mass is 16.4. The Bertz CT molecular complexity index is 524. The van der Waals surface area contributed by atoms with Gasteiger partial charge in [0.05, 0.1) is 6.42 Å². The smallest absolute Gasteiger partial charge is 0.326 e. The van der Waals surface area contributed by atoms with Crippen LogP contribution in [0, 0.1) is 13.8 Å². The first-order chi connectivity index (χ1) is 9.49.